The van der Waals surface area contributed by atoms with Gasteiger partial charge in [-0.25, -0.2) is 4.98 Å². The largest absolute Gasteiger partial charge is 0.484 e. The number of benzene rings is 2. The standard InChI is InChI=1S/C22H17ClN2O2/c1-16-13-20(10-11-21(16)23)27-15-22(26)25-19-7-4-5-17(14-19)8-9-18-6-2-3-12-24-18/h2-7,10-14H,15H2,1H3,(H,25,26). The van der Waals surface area contributed by atoms with Gasteiger partial charge < -0.3 is 10.1 Å². The van der Waals surface area contributed by atoms with Crippen molar-refractivity contribution in [3.8, 4) is 17.6 Å². The normalized spacial score (nSPS) is 9.85. The van der Waals surface area contributed by atoms with Crippen LogP contribution in [0.5, 0.6) is 5.75 Å². The molecule has 0 unspecified atom stereocenters. The number of aryl methyl sites for hydroxylation is 1. The second-order valence-electron chi connectivity index (χ2n) is 5.79. The Morgan fingerprint density at radius 2 is 2.00 bits per heavy atom. The Labute approximate surface area is 163 Å². The molecular weight excluding hydrogens is 360 g/mol. The van der Waals surface area contributed by atoms with Crippen LogP contribution < -0.4 is 10.1 Å². The molecule has 3 aromatic rings. The Morgan fingerprint density at radius 3 is 2.78 bits per heavy atom. The zero-order chi connectivity index (χ0) is 19.1. The molecular formula is C22H17ClN2O2. The highest BCUT2D eigenvalue weighted by atomic mass is 35.5. The summed E-state index contributed by atoms with van der Waals surface area (Å²) in [6.45, 7) is 1.79. The van der Waals surface area contributed by atoms with Crippen LogP contribution in [0.1, 0.15) is 16.8 Å². The van der Waals surface area contributed by atoms with Gasteiger partial charge in [0.1, 0.15) is 11.4 Å². The summed E-state index contributed by atoms with van der Waals surface area (Å²) in [5.74, 6) is 6.37. The Bertz CT molecular complexity index is 1010. The van der Waals surface area contributed by atoms with Crippen LogP contribution in [-0.4, -0.2) is 17.5 Å². The first-order chi connectivity index (χ1) is 13.1. The Hall–Kier alpha value is -3.29. The molecule has 0 bridgehead atoms. The zero-order valence-corrected chi connectivity index (χ0v) is 15.5. The molecule has 27 heavy (non-hydrogen) atoms. The highest BCUT2D eigenvalue weighted by Gasteiger charge is 2.05. The Morgan fingerprint density at radius 1 is 1.11 bits per heavy atom. The summed E-state index contributed by atoms with van der Waals surface area (Å²) in [6.07, 6.45) is 1.70. The van der Waals surface area contributed by atoms with Crippen LogP contribution in [0, 0.1) is 18.8 Å². The summed E-state index contributed by atoms with van der Waals surface area (Å²) in [5, 5.41) is 3.47. The van der Waals surface area contributed by atoms with Gasteiger partial charge in [0, 0.05) is 22.5 Å². The second-order valence-corrected chi connectivity index (χ2v) is 6.20. The lowest BCUT2D eigenvalue weighted by atomic mass is 10.2. The molecule has 0 atom stereocenters. The maximum absolute atomic E-state index is 12.1. The third kappa shape index (κ3) is 5.60. The number of nitrogens with one attached hydrogen (secondary N) is 1. The van der Waals surface area contributed by atoms with E-state index in [9.17, 15) is 4.79 Å². The molecule has 4 nitrogen and oxygen atoms in total. The first kappa shape index (κ1) is 18.5. The lowest BCUT2D eigenvalue weighted by Gasteiger charge is -2.09. The lowest BCUT2D eigenvalue weighted by molar-refractivity contribution is -0.118. The number of halogens is 1. The van der Waals surface area contributed by atoms with Crippen molar-refractivity contribution in [1.29, 1.82) is 0 Å². The lowest BCUT2D eigenvalue weighted by Crippen LogP contribution is -2.20. The van der Waals surface area contributed by atoms with Crippen molar-refractivity contribution in [3.05, 3.63) is 88.7 Å². The van der Waals surface area contributed by atoms with E-state index in [1.54, 1.807) is 36.5 Å². The maximum atomic E-state index is 12.1. The Kier molecular flexibility index (Phi) is 6.09. The van der Waals surface area contributed by atoms with Crippen LogP contribution in [0.25, 0.3) is 0 Å². The van der Waals surface area contributed by atoms with Crippen molar-refractivity contribution in [3.63, 3.8) is 0 Å². The van der Waals surface area contributed by atoms with E-state index in [4.69, 9.17) is 16.3 Å². The molecule has 2 aromatic carbocycles. The monoisotopic (exact) mass is 376 g/mol. The predicted octanol–water partition coefficient (Wildman–Crippen LogP) is 4.46. The van der Waals surface area contributed by atoms with Crippen molar-refractivity contribution >= 4 is 23.2 Å². The molecule has 0 spiro atoms. The number of carbonyl (C=O) groups excluding carboxylic acids is 1. The van der Waals surface area contributed by atoms with Crippen LogP contribution in [0.4, 0.5) is 5.69 Å². The SMILES string of the molecule is Cc1cc(OCC(=O)Nc2cccc(C#Cc3ccccn3)c2)ccc1Cl. The summed E-state index contributed by atoms with van der Waals surface area (Å²) in [6, 6.07) is 18.2. The van der Waals surface area contributed by atoms with Gasteiger partial charge in [-0.3, -0.25) is 4.79 Å². The van der Waals surface area contributed by atoms with Gasteiger partial charge in [-0.2, -0.15) is 0 Å². The van der Waals surface area contributed by atoms with Gasteiger partial charge in [0.05, 0.1) is 0 Å². The summed E-state index contributed by atoms with van der Waals surface area (Å²) in [4.78, 5) is 16.3. The molecule has 0 radical (unpaired) electrons. The van der Waals surface area contributed by atoms with E-state index in [1.165, 1.54) is 0 Å². The third-order valence-electron chi connectivity index (χ3n) is 3.65. The molecule has 134 valence electrons. The van der Waals surface area contributed by atoms with Crippen LogP contribution in [0.2, 0.25) is 5.02 Å². The number of nitrogens with zero attached hydrogens (tertiary/aromatic N) is 1. The minimum Gasteiger partial charge on any atom is -0.484 e. The van der Waals surface area contributed by atoms with Crippen LogP contribution in [-0.2, 0) is 4.79 Å². The van der Waals surface area contributed by atoms with Gasteiger partial charge in [0.2, 0.25) is 0 Å². The fourth-order valence-corrected chi connectivity index (χ4v) is 2.42. The molecule has 1 aromatic heterocycles. The van der Waals surface area contributed by atoms with Gasteiger partial charge in [-0.05, 0) is 66.9 Å². The fourth-order valence-electron chi connectivity index (χ4n) is 2.30. The summed E-state index contributed by atoms with van der Waals surface area (Å²) in [7, 11) is 0. The number of carbonyl (C=O) groups is 1. The minimum absolute atomic E-state index is 0.0923. The maximum Gasteiger partial charge on any atom is 0.262 e. The molecule has 5 heteroatoms. The van der Waals surface area contributed by atoms with Crippen LogP contribution in [0.15, 0.2) is 66.9 Å². The number of amides is 1. The number of hydrogen-bond acceptors (Lipinski definition) is 3. The highest BCUT2D eigenvalue weighted by molar-refractivity contribution is 6.31. The van der Waals surface area contributed by atoms with Crippen LogP contribution >= 0.6 is 11.6 Å². The number of rotatable bonds is 4. The van der Waals surface area contributed by atoms with Crippen molar-refractivity contribution in [1.82, 2.24) is 4.98 Å². The summed E-state index contributed by atoms with van der Waals surface area (Å²) in [5.41, 5.74) is 3.03. The van der Waals surface area contributed by atoms with Crippen molar-refractivity contribution in [2.75, 3.05) is 11.9 Å². The minimum atomic E-state index is -0.252. The van der Waals surface area contributed by atoms with Gasteiger partial charge in [0.15, 0.2) is 6.61 Å². The van der Waals surface area contributed by atoms with E-state index in [-0.39, 0.29) is 12.5 Å². The summed E-state index contributed by atoms with van der Waals surface area (Å²) >= 11 is 5.98. The molecule has 0 aliphatic rings. The van der Waals surface area contributed by atoms with E-state index in [0.717, 1.165) is 11.1 Å². The highest BCUT2D eigenvalue weighted by Crippen LogP contribution is 2.21. The van der Waals surface area contributed by atoms with Crippen molar-refractivity contribution < 1.29 is 9.53 Å². The van der Waals surface area contributed by atoms with E-state index in [2.05, 4.69) is 22.1 Å². The molecule has 1 N–H and O–H groups in total. The number of aromatic nitrogens is 1. The van der Waals surface area contributed by atoms with E-state index in [1.807, 2.05) is 37.3 Å². The molecule has 0 fully saturated rings. The second kappa shape index (κ2) is 8.88. The van der Waals surface area contributed by atoms with E-state index < -0.39 is 0 Å². The number of pyridine rings is 1. The van der Waals surface area contributed by atoms with Crippen molar-refractivity contribution in [2.24, 2.45) is 0 Å². The van der Waals surface area contributed by atoms with Gasteiger partial charge >= 0.3 is 0 Å². The van der Waals surface area contributed by atoms with Crippen LogP contribution in [0.3, 0.4) is 0 Å². The molecule has 0 aliphatic carbocycles. The third-order valence-corrected chi connectivity index (χ3v) is 4.07. The topological polar surface area (TPSA) is 51.2 Å². The molecule has 0 saturated carbocycles. The zero-order valence-electron chi connectivity index (χ0n) is 14.7. The molecule has 0 aliphatic heterocycles. The van der Waals surface area contributed by atoms with Gasteiger partial charge in [-0.15, -0.1) is 0 Å². The average Bonchev–Trinajstić information content (AvgIpc) is 2.68. The molecule has 1 heterocycles. The number of ether oxygens (including phenoxy) is 1. The average molecular weight is 377 g/mol. The van der Waals surface area contributed by atoms with Gasteiger partial charge in [-0.1, -0.05) is 29.7 Å². The van der Waals surface area contributed by atoms with Gasteiger partial charge in [0.25, 0.3) is 5.91 Å². The first-order valence-electron chi connectivity index (χ1n) is 8.32. The number of hydrogen-bond donors (Lipinski definition) is 1. The smallest absolute Gasteiger partial charge is 0.262 e. The van der Waals surface area contributed by atoms with E-state index >= 15 is 0 Å². The molecule has 1 amide bonds. The predicted molar refractivity (Wildman–Crippen MR) is 107 cm³/mol. The van der Waals surface area contributed by atoms with E-state index in [0.29, 0.717) is 22.2 Å². The summed E-state index contributed by atoms with van der Waals surface area (Å²) < 4.78 is 5.50. The molecule has 3 rings (SSSR count). The molecule has 0 saturated heterocycles. The quantitative estimate of drug-likeness (QED) is 0.684. The van der Waals surface area contributed by atoms with Crippen molar-refractivity contribution in [2.45, 2.75) is 6.92 Å². The fraction of sp³-hybridized carbons (Fsp3) is 0.0909. The Balaban J connectivity index is 1.59. The number of anilines is 1. The first-order valence-corrected chi connectivity index (χ1v) is 8.70.